The Morgan fingerprint density at radius 3 is 2.67 bits per heavy atom. The van der Waals surface area contributed by atoms with Gasteiger partial charge in [-0.25, -0.2) is 0 Å². The molecule has 0 saturated carbocycles. The van der Waals surface area contributed by atoms with Crippen LogP contribution in [0.15, 0.2) is 28.7 Å². The standard InChI is InChI=1S/C18H24BrN3O2/c1-20-11-13-8-10-21(12-13)18(24)16-3-2-9-22(16)17(23)14-4-6-15(19)7-5-14/h4-7,13,16,20H,2-3,8-12H2,1H3. The second-order valence-corrected chi connectivity index (χ2v) is 7.58. The monoisotopic (exact) mass is 393 g/mol. The number of hydrogen-bond acceptors (Lipinski definition) is 3. The first-order valence-corrected chi connectivity index (χ1v) is 9.39. The van der Waals surface area contributed by atoms with Crippen molar-refractivity contribution >= 4 is 27.7 Å². The van der Waals surface area contributed by atoms with Crippen molar-refractivity contribution < 1.29 is 9.59 Å². The largest absolute Gasteiger partial charge is 0.341 e. The zero-order valence-corrected chi connectivity index (χ0v) is 15.6. The van der Waals surface area contributed by atoms with E-state index in [0.717, 1.165) is 43.4 Å². The Bertz CT molecular complexity index is 605. The number of likely N-dealkylation sites (tertiary alicyclic amines) is 2. The number of rotatable bonds is 4. The van der Waals surface area contributed by atoms with Crippen LogP contribution in [0, 0.1) is 5.92 Å². The van der Waals surface area contributed by atoms with Gasteiger partial charge in [-0.05, 0) is 63.0 Å². The molecule has 3 rings (SSSR count). The van der Waals surface area contributed by atoms with Crippen molar-refractivity contribution in [3.63, 3.8) is 0 Å². The lowest BCUT2D eigenvalue weighted by atomic mass is 10.1. The van der Waals surface area contributed by atoms with E-state index in [2.05, 4.69) is 21.2 Å². The predicted molar refractivity (Wildman–Crippen MR) is 96.8 cm³/mol. The zero-order valence-electron chi connectivity index (χ0n) is 14.0. The molecule has 2 atom stereocenters. The van der Waals surface area contributed by atoms with Gasteiger partial charge in [-0.1, -0.05) is 15.9 Å². The Morgan fingerprint density at radius 2 is 1.96 bits per heavy atom. The van der Waals surface area contributed by atoms with E-state index >= 15 is 0 Å². The SMILES string of the molecule is CNCC1CCN(C(=O)C2CCCN2C(=O)c2ccc(Br)cc2)C1. The molecule has 0 radical (unpaired) electrons. The third-order valence-electron chi connectivity index (χ3n) is 4.98. The highest BCUT2D eigenvalue weighted by molar-refractivity contribution is 9.10. The van der Waals surface area contributed by atoms with Crippen LogP contribution in [0.4, 0.5) is 0 Å². The summed E-state index contributed by atoms with van der Waals surface area (Å²) >= 11 is 3.39. The Kier molecular flexibility index (Phi) is 5.56. The number of nitrogens with zero attached hydrogens (tertiary/aromatic N) is 2. The highest BCUT2D eigenvalue weighted by atomic mass is 79.9. The maximum atomic E-state index is 12.9. The van der Waals surface area contributed by atoms with Crippen molar-refractivity contribution in [2.75, 3.05) is 33.2 Å². The van der Waals surface area contributed by atoms with Crippen molar-refractivity contribution in [2.24, 2.45) is 5.92 Å². The molecule has 6 heteroatoms. The predicted octanol–water partition coefficient (Wildman–Crippen LogP) is 2.12. The van der Waals surface area contributed by atoms with E-state index in [9.17, 15) is 9.59 Å². The van der Waals surface area contributed by atoms with E-state index in [-0.39, 0.29) is 17.9 Å². The van der Waals surface area contributed by atoms with Crippen LogP contribution in [0.3, 0.4) is 0 Å². The minimum absolute atomic E-state index is 0.0377. The Labute approximate surface area is 151 Å². The van der Waals surface area contributed by atoms with E-state index < -0.39 is 0 Å². The summed E-state index contributed by atoms with van der Waals surface area (Å²) in [6.45, 7) is 3.22. The third-order valence-corrected chi connectivity index (χ3v) is 5.51. The lowest BCUT2D eigenvalue weighted by molar-refractivity contribution is -0.134. The summed E-state index contributed by atoms with van der Waals surface area (Å²) in [6.07, 6.45) is 2.71. The molecule has 2 saturated heterocycles. The van der Waals surface area contributed by atoms with Crippen molar-refractivity contribution in [1.29, 1.82) is 0 Å². The molecular weight excluding hydrogens is 370 g/mol. The van der Waals surface area contributed by atoms with Crippen molar-refractivity contribution in [1.82, 2.24) is 15.1 Å². The van der Waals surface area contributed by atoms with E-state index in [4.69, 9.17) is 0 Å². The van der Waals surface area contributed by atoms with Crippen LogP contribution in [0.5, 0.6) is 0 Å². The van der Waals surface area contributed by atoms with Gasteiger partial charge in [0.25, 0.3) is 5.91 Å². The molecule has 1 aromatic carbocycles. The van der Waals surface area contributed by atoms with Gasteiger partial charge >= 0.3 is 0 Å². The van der Waals surface area contributed by atoms with Crippen LogP contribution in [0.1, 0.15) is 29.6 Å². The normalized spacial score (nSPS) is 23.8. The molecule has 2 heterocycles. The summed E-state index contributed by atoms with van der Waals surface area (Å²) in [4.78, 5) is 29.4. The Morgan fingerprint density at radius 1 is 1.21 bits per heavy atom. The first-order chi connectivity index (χ1) is 11.6. The van der Waals surface area contributed by atoms with Crippen LogP contribution in [-0.2, 0) is 4.79 Å². The number of halogens is 1. The molecule has 0 spiro atoms. The van der Waals surface area contributed by atoms with Gasteiger partial charge in [-0.3, -0.25) is 9.59 Å². The number of carbonyl (C=O) groups is 2. The van der Waals surface area contributed by atoms with Gasteiger partial charge in [0.05, 0.1) is 0 Å². The topological polar surface area (TPSA) is 52.7 Å². The first kappa shape index (κ1) is 17.4. The van der Waals surface area contributed by atoms with Gasteiger partial charge in [0.1, 0.15) is 6.04 Å². The molecule has 2 amide bonds. The summed E-state index contributed by atoms with van der Waals surface area (Å²) in [5.74, 6) is 0.608. The molecule has 1 N–H and O–H groups in total. The van der Waals surface area contributed by atoms with Gasteiger partial charge in [0, 0.05) is 29.7 Å². The molecule has 0 bridgehead atoms. The van der Waals surface area contributed by atoms with Crippen LogP contribution in [0.25, 0.3) is 0 Å². The second-order valence-electron chi connectivity index (χ2n) is 6.66. The maximum absolute atomic E-state index is 12.9. The van der Waals surface area contributed by atoms with Gasteiger partial charge in [-0.2, -0.15) is 0 Å². The number of carbonyl (C=O) groups excluding carboxylic acids is 2. The van der Waals surface area contributed by atoms with Gasteiger partial charge in [-0.15, -0.1) is 0 Å². The summed E-state index contributed by atoms with van der Waals surface area (Å²) < 4.78 is 0.945. The van der Waals surface area contributed by atoms with Gasteiger partial charge in [0.2, 0.25) is 5.91 Å². The molecule has 5 nitrogen and oxygen atoms in total. The van der Waals surface area contributed by atoms with Crippen LogP contribution in [-0.4, -0.2) is 60.9 Å². The van der Waals surface area contributed by atoms with Crippen LogP contribution >= 0.6 is 15.9 Å². The van der Waals surface area contributed by atoms with Crippen LogP contribution < -0.4 is 5.32 Å². The molecule has 1 aromatic rings. The van der Waals surface area contributed by atoms with Crippen molar-refractivity contribution in [2.45, 2.75) is 25.3 Å². The van der Waals surface area contributed by atoms with E-state index in [1.54, 1.807) is 4.90 Å². The Balaban J connectivity index is 1.68. The van der Waals surface area contributed by atoms with E-state index in [1.165, 1.54) is 0 Å². The minimum Gasteiger partial charge on any atom is -0.341 e. The minimum atomic E-state index is -0.297. The summed E-state index contributed by atoms with van der Waals surface area (Å²) in [7, 11) is 1.94. The molecule has 2 aliphatic heterocycles. The van der Waals surface area contributed by atoms with Gasteiger partial charge < -0.3 is 15.1 Å². The van der Waals surface area contributed by atoms with E-state index in [0.29, 0.717) is 18.0 Å². The summed E-state index contributed by atoms with van der Waals surface area (Å²) in [6, 6.07) is 7.05. The first-order valence-electron chi connectivity index (χ1n) is 8.60. The number of hydrogen-bond donors (Lipinski definition) is 1. The fraction of sp³-hybridized carbons (Fsp3) is 0.556. The molecule has 0 aliphatic carbocycles. The lowest BCUT2D eigenvalue weighted by Crippen LogP contribution is -2.47. The smallest absolute Gasteiger partial charge is 0.254 e. The molecule has 2 aliphatic rings. The molecule has 130 valence electrons. The molecule has 2 unspecified atom stereocenters. The lowest BCUT2D eigenvalue weighted by Gasteiger charge is -2.28. The molecule has 0 aromatic heterocycles. The van der Waals surface area contributed by atoms with Crippen molar-refractivity contribution in [3.8, 4) is 0 Å². The highest BCUT2D eigenvalue weighted by Crippen LogP contribution is 2.25. The molecule has 24 heavy (non-hydrogen) atoms. The highest BCUT2D eigenvalue weighted by Gasteiger charge is 2.38. The van der Waals surface area contributed by atoms with E-state index in [1.807, 2.05) is 36.2 Å². The average Bonchev–Trinajstić information content (AvgIpc) is 3.24. The maximum Gasteiger partial charge on any atom is 0.254 e. The third kappa shape index (κ3) is 3.64. The summed E-state index contributed by atoms with van der Waals surface area (Å²) in [5.41, 5.74) is 0.646. The van der Waals surface area contributed by atoms with Crippen LogP contribution in [0.2, 0.25) is 0 Å². The van der Waals surface area contributed by atoms with Crippen molar-refractivity contribution in [3.05, 3.63) is 34.3 Å². The number of nitrogens with one attached hydrogen (secondary N) is 1. The zero-order chi connectivity index (χ0) is 17.1. The van der Waals surface area contributed by atoms with Gasteiger partial charge in [0.15, 0.2) is 0 Å². The molecule has 2 fully saturated rings. The number of amides is 2. The summed E-state index contributed by atoms with van der Waals surface area (Å²) in [5, 5.41) is 3.19. The second kappa shape index (κ2) is 7.66. The number of benzene rings is 1. The molecular formula is C18H24BrN3O2. The fourth-order valence-electron chi connectivity index (χ4n) is 3.72. The fourth-order valence-corrected chi connectivity index (χ4v) is 3.99. The quantitative estimate of drug-likeness (QED) is 0.852. The average molecular weight is 394 g/mol. The Hall–Kier alpha value is -1.40.